The molecule has 0 saturated heterocycles. The number of furan rings is 1. The van der Waals surface area contributed by atoms with Gasteiger partial charge in [-0.05, 0) is 58.5 Å². The zero-order valence-corrected chi connectivity index (χ0v) is 32.0. The number of benzene rings is 4. The molecule has 251 valence electrons. The Kier molecular flexibility index (Phi) is 8.56. The number of aromatic nitrogens is 2. The molecule has 1 radical (unpaired) electrons. The van der Waals surface area contributed by atoms with Crippen LogP contribution in [-0.2, 0) is 20.1 Å². The average molecular weight is 844 g/mol. The topological polar surface area (TPSA) is 38.9 Å². The third-order valence-corrected chi connectivity index (χ3v) is 10.7. The predicted octanol–water partition coefficient (Wildman–Crippen LogP) is 11.6. The smallest absolute Gasteiger partial charge is 0.121 e. The molecule has 0 aliphatic heterocycles. The number of hydrogen-bond donors (Lipinski definition) is 0. The summed E-state index contributed by atoms with van der Waals surface area (Å²) in [5.74, 6) is -0.555. The van der Waals surface area contributed by atoms with Crippen LogP contribution in [0.3, 0.4) is 0 Å². The van der Waals surface area contributed by atoms with Crippen molar-refractivity contribution in [2.75, 3.05) is 0 Å². The molecule has 0 N–H and O–H groups in total. The summed E-state index contributed by atoms with van der Waals surface area (Å²) in [6, 6.07) is 35.8. The van der Waals surface area contributed by atoms with Gasteiger partial charge in [0.15, 0.2) is 0 Å². The van der Waals surface area contributed by atoms with E-state index in [1.165, 1.54) is 11.3 Å². The maximum atomic E-state index is 8.93. The van der Waals surface area contributed by atoms with Crippen LogP contribution in [0, 0.1) is 31.8 Å². The minimum atomic E-state index is -2.13. The largest absolute Gasteiger partial charge is 0.501 e. The van der Waals surface area contributed by atoms with E-state index in [1.54, 1.807) is 30.5 Å². The molecule has 0 fully saturated rings. The van der Waals surface area contributed by atoms with E-state index in [1.807, 2.05) is 79.9 Å². The Balaban J connectivity index is 0.000000212. The maximum Gasteiger partial charge on any atom is 0.121 e. The molecule has 0 aliphatic rings. The molecule has 0 spiro atoms. The van der Waals surface area contributed by atoms with Crippen LogP contribution < -0.4 is 5.19 Å². The average Bonchev–Trinajstić information content (AvgIpc) is 3.52. The van der Waals surface area contributed by atoms with Crippen molar-refractivity contribution in [1.29, 1.82) is 0 Å². The molecule has 49 heavy (non-hydrogen) atoms. The van der Waals surface area contributed by atoms with Gasteiger partial charge < -0.3 is 14.4 Å². The Morgan fingerprint density at radius 2 is 1.53 bits per heavy atom. The molecule has 3 heterocycles. The summed E-state index contributed by atoms with van der Waals surface area (Å²) in [6.07, 6.45) is 3.67. The molecule has 7 rings (SSSR count). The summed E-state index contributed by atoms with van der Waals surface area (Å²) in [5, 5.41) is 3.24. The quantitative estimate of drug-likeness (QED) is 0.124. The normalized spacial score (nSPS) is 15.3. The summed E-state index contributed by atoms with van der Waals surface area (Å²) in [4.78, 5) is 9.05. The molecule has 0 bridgehead atoms. The number of fused-ring (bicyclic) bond motifs is 3. The SMILES string of the molecule is [2H]C([2H])([2H])c1c[c-]c(-c2cc(C([2H])(C)C(C)C)c([Si](C)(C)C)cn2)cc1.[2H]C([2H])([2H])c1ccc(-c2ccc3c(c2)oc2c(-c4ccccn4)[c-]ccc23)cc1.[Ir]. The predicted molar refractivity (Wildman–Crippen MR) is 205 cm³/mol. The van der Waals surface area contributed by atoms with Crippen LogP contribution >= 0.6 is 0 Å². The van der Waals surface area contributed by atoms with Crippen LogP contribution in [0.5, 0.6) is 0 Å². The van der Waals surface area contributed by atoms with Gasteiger partial charge in [-0.15, -0.1) is 53.6 Å². The molecule has 7 aromatic rings. The van der Waals surface area contributed by atoms with Crippen LogP contribution in [0.4, 0.5) is 0 Å². The van der Waals surface area contributed by atoms with Crippen LogP contribution in [0.2, 0.25) is 19.6 Å². The van der Waals surface area contributed by atoms with Gasteiger partial charge in [-0.2, -0.15) is 0 Å². The van der Waals surface area contributed by atoms with Gasteiger partial charge >= 0.3 is 0 Å². The van der Waals surface area contributed by atoms with Gasteiger partial charge in [-0.1, -0.05) is 124 Å². The monoisotopic (exact) mass is 844 g/mol. The van der Waals surface area contributed by atoms with E-state index >= 15 is 0 Å². The van der Waals surface area contributed by atoms with Crippen LogP contribution in [-0.4, -0.2) is 18.0 Å². The second kappa shape index (κ2) is 15.2. The van der Waals surface area contributed by atoms with Crippen molar-refractivity contribution in [3.8, 4) is 33.6 Å². The third kappa shape index (κ3) is 8.02. The molecule has 5 heteroatoms. The van der Waals surface area contributed by atoms with Crippen molar-refractivity contribution >= 4 is 35.2 Å². The van der Waals surface area contributed by atoms with Gasteiger partial charge in [0, 0.05) is 47.5 Å². The zero-order valence-electron chi connectivity index (χ0n) is 35.6. The number of hydrogen-bond acceptors (Lipinski definition) is 3. The van der Waals surface area contributed by atoms with Crippen molar-refractivity contribution in [1.82, 2.24) is 9.97 Å². The Bertz CT molecular complexity index is 2430. The first kappa shape index (κ1) is 27.6. The molecular formula is C44H44IrN2OSi-2. The Morgan fingerprint density at radius 3 is 2.18 bits per heavy atom. The summed E-state index contributed by atoms with van der Waals surface area (Å²) < 4.78 is 60.2. The van der Waals surface area contributed by atoms with Gasteiger partial charge in [-0.25, -0.2) is 0 Å². The molecular weight excluding hydrogens is 793 g/mol. The number of pyridine rings is 2. The summed E-state index contributed by atoms with van der Waals surface area (Å²) in [5.41, 5.74) is 8.21. The Labute approximate surface area is 316 Å². The maximum absolute atomic E-state index is 8.93. The Morgan fingerprint density at radius 1 is 0.776 bits per heavy atom. The molecule has 1 atom stereocenters. The van der Waals surface area contributed by atoms with E-state index < -0.39 is 27.7 Å². The minimum Gasteiger partial charge on any atom is -0.501 e. The first-order chi connectivity index (χ1) is 25.7. The summed E-state index contributed by atoms with van der Waals surface area (Å²) >= 11 is 0. The molecule has 0 saturated carbocycles. The zero-order chi connectivity index (χ0) is 39.9. The fourth-order valence-corrected chi connectivity index (χ4v) is 7.24. The van der Waals surface area contributed by atoms with E-state index in [4.69, 9.17) is 14.0 Å². The van der Waals surface area contributed by atoms with Crippen molar-refractivity contribution in [3.63, 3.8) is 0 Å². The first-order valence-corrected chi connectivity index (χ1v) is 19.7. The van der Waals surface area contributed by atoms with Crippen LogP contribution in [0.15, 0.2) is 114 Å². The van der Waals surface area contributed by atoms with Gasteiger partial charge in [0.25, 0.3) is 0 Å². The third-order valence-electron chi connectivity index (χ3n) is 8.66. The molecule has 3 aromatic heterocycles. The minimum absolute atomic E-state index is 0. The molecule has 0 amide bonds. The van der Waals surface area contributed by atoms with Crippen LogP contribution in [0.1, 0.15) is 53.0 Å². The second-order valence-corrected chi connectivity index (χ2v) is 18.4. The van der Waals surface area contributed by atoms with Crippen LogP contribution in [0.25, 0.3) is 55.6 Å². The second-order valence-electron chi connectivity index (χ2n) is 13.4. The van der Waals surface area contributed by atoms with Crippen molar-refractivity contribution in [2.45, 2.75) is 60.0 Å². The molecule has 3 nitrogen and oxygen atoms in total. The van der Waals surface area contributed by atoms with Gasteiger partial charge in [-0.3, -0.25) is 0 Å². The van der Waals surface area contributed by atoms with E-state index in [9.17, 15) is 0 Å². The summed E-state index contributed by atoms with van der Waals surface area (Å²) in [7, 11) is -1.66. The van der Waals surface area contributed by atoms with Gasteiger partial charge in [0.2, 0.25) is 0 Å². The Hall–Kier alpha value is -4.15. The number of aryl methyl sites for hydroxylation is 2. The number of rotatable bonds is 6. The van der Waals surface area contributed by atoms with Gasteiger partial charge in [0.05, 0.1) is 13.7 Å². The van der Waals surface area contributed by atoms with E-state index in [0.717, 1.165) is 61.1 Å². The molecule has 4 aromatic carbocycles. The van der Waals surface area contributed by atoms with Crippen molar-refractivity contribution in [3.05, 3.63) is 138 Å². The van der Waals surface area contributed by atoms with Crippen molar-refractivity contribution < 1.29 is 34.1 Å². The summed E-state index contributed by atoms with van der Waals surface area (Å²) in [6.45, 7) is 8.66. The van der Waals surface area contributed by atoms with Crippen molar-refractivity contribution in [2.24, 2.45) is 5.92 Å². The first-order valence-electron chi connectivity index (χ1n) is 19.7. The van der Waals surface area contributed by atoms with E-state index in [0.29, 0.717) is 5.56 Å². The molecule has 1 unspecified atom stereocenters. The molecule has 0 aliphatic carbocycles. The van der Waals surface area contributed by atoms with Gasteiger partial charge in [0.1, 0.15) is 5.58 Å². The number of nitrogens with zero attached hydrogens (tertiary/aromatic N) is 2. The fourth-order valence-electron chi connectivity index (χ4n) is 5.71. The fraction of sp³-hybridized carbons (Fsp3) is 0.227. The van der Waals surface area contributed by atoms with E-state index in [-0.39, 0.29) is 31.6 Å². The standard InChI is InChI=1S/C24H16NO.C20H28NSi.Ir/c1-16-8-10-17(11-9-16)18-12-13-19-20-5-4-6-21(22-7-2-3-14-25-22)24(20)26-23(19)15-18;1-14(2)16(4)18-12-19(17-10-8-15(3)9-11-17)21-13-20(18)22(5,6)7;/h2-5,7-15H,1H3;8-10,12-14,16H,1-7H3;/q2*-1;/i1D3;3D3,16D;. The van der Waals surface area contributed by atoms with E-state index in [2.05, 4.69) is 55.6 Å².